The first-order valence-corrected chi connectivity index (χ1v) is 3.04. The van der Waals surface area contributed by atoms with Gasteiger partial charge >= 0.3 is 59.1 Å². The third kappa shape index (κ3) is 2.46. The Morgan fingerprint density at radius 3 is 1.50 bits per heavy atom. The monoisotopic (exact) mass is 211 g/mol. The second-order valence-electron chi connectivity index (χ2n) is 2.18. The van der Waals surface area contributed by atoms with Crippen molar-refractivity contribution in [1.29, 1.82) is 10.5 Å². The van der Waals surface area contributed by atoms with E-state index in [0.29, 0.717) is 0 Å². The van der Waals surface area contributed by atoms with E-state index in [4.69, 9.17) is 20.7 Å². The molecule has 0 aliphatic heterocycles. The summed E-state index contributed by atoms with van der Waals surface area (Å²) in [6.07, 6.45) is 0. The number of aromatic hydroxyl groups is 2. The SMILES string of the molecule is Cn1c(C#N)c(O)c(O)c1C#N.[H-].[H-].[Na+].[Na+]. The Bertz CT molecular complexity index is 385. The minimum absolute atomic E-state index is 0. The average Bonchev–Trinajstić information content (AvgIpc) is 2.25. The van der Waals surface area contributed by atoms with Crippen molar-refractivity contribution in [2.45, 2.75) is 0 Å². The van der Waals surface area contributed by atoms with Crippen molar-refractivity contribution in [2.75, 3.05) is 0 Å². The predicted molar refractivity (Wildman–Crippen MR) is 40.4 cm³/mol. The molecule has 0 amide bonds. The van der Waals surface area contributed by atoms with Gasteiger partial charge in [0.2, 0.25) is 0 Å². The van der Waals surface area contributed by atoms with Crippen LogP contribution in [0, 0.1) is 22.7 Å². The molecule has 0 spiro atoms. The van der Waals surface area contributed by atoms with Crippen LogP contribution in [0.4, 0.5) is 0 Å². The van der Waals surface area contributed by atoms with Crippen molar-refractivity contribution < 1.29 is 72.2 Å². The minimum Gasteiger partial charge on any atom is -1.00 e. The summed E-state index contributed by atoms with van der Waals surface area (Å²) >= 11 is 0. The molecule has 0 radical (unpaired) electrons. The summed E-state index contributed by atoms with van der Waals surface area (Å²) in [5, 5.41) is 35.1. The van der Waals surface area contributed by atoms with Crippen LogP contribution in [0.1, 0.15) is 14.2 Å². The van der Waals surface area contributed by atoms with E-state index in [1.54, 1.807) is 12.1 Å². The molecule has 14 heavy (non-hydrogen) atoms. The number of nitrogens with zero attached hydrogens (tertiary/aromatic N) is 3. The number of aromatic nitrogens is 1. The quantitative estimate of drug-likeness (QED) is 0.418. The molecule has 0 bridgehead atoms. The minimum atomic E-state index is -0.545. The van der Waals surface area contributed by atoms with E-state index in [2.05, 4.69) is 0 Å². The predicted octanol–water partition coefficient (Wildman–Crippen LogP) is -5.59. The first-order valence-electron chi connectivity index (χ1n) is 3.04. The molecule has 0 saturated carbocycles. The van der Waals surface area contributed by atoms with Crippen molar-refractivity contribution in [3.8, 4) is 23.6 Å². The molecule has 1 heterocycles. The molecular weight excluding hydrogens is 204 g/mol. The Hall–Kier alpha value is -0.140. The first-order chi connectivity index (χ1) is 5.63. The number of rotatable bonds is 0. The van der Waals surface area contributed by atoms with Crippen LogP contribution in [-0.4, -0.2) is 14.8 Å². The molecular formula is C7H7N3Na2O2. The van der Waals surface area contributed by atoms with E-state index in [0.717, 1.165) is 4.57 Å². The van der Waals surface area contributed by atoms with Crippen LogP contribution in [0.3, 0.4) is 0 Å². The summed E-state index contributed by atoms with van der Waals surface area (Å²) < 4.78 is 1.13. The Kier molecular flexibility index (Phi) is 7.41. The molecule has 1 aromatic heterocycles. The molecule has 0 unspecified atom stereocenters. The Labute approximate surface area is 128 Å². The molecule has 0 aliphatic rings. The van der Waals surface area contributed by atoms with Crippen LogP contribution in [0.5, 0.6) is 11.5 Å². The van der Waals surface area contributed by atoms with Gasteiger partial charge in [-0.3, -0.25) is 0 Å². The number of hydrogen-bond acceptors (Lipinski definition) is 4. The second-order valence-corrected chi connectivity index (χ2v) is 2.18. The standard InChI is InChI=1S/C7H5N3O2.2Na.2H/c1-10-4(2-8)6(11)7(12)5(10)3-9;;;;/h11-12H,1H3;;;;/q;2*+1;2*-1. The Morgan fingerprint density at radius 2 is 1.36 bits per heavy atom. The molecule has 64 valence electrons. The van der Waals surface area contributed by atoms with Crippen molar-refractivity contribution in [3.63, 3.8) is 0 Å². The van der Waals surface area contributed by atoms with Gasteiger partial charge in [0.05, 0.1) is 0 Å². The van der Waals surface area contributed by atoms with Crippen LogP contribution in [0.15, 0.2) is 0 Å². The van der Waals surface area contributed by atoms with Crippen molar-refractivity contribution >= 4 is 0 Å². The van der Waals surface area contributed by atoms with Gasteiger partial charge in [0.1, 0.15) is 12.1 Å². The largest absolute Gasteiger partial charge is 1.00 e. The fourth-order valence-electron chi connectivity index (χ4n) is 0.910. The van der Waals surface area contributed by atoms with Gasteiger partial charge < -0.3 is 17.6 Å². The molecule has 5 nitrogen and oxygen atoms in total. The van der Waals surface area contributed by atoms with Crippen molar-refractivity contribution in [1.82, 2.24) is 4.57 Å². The summed E-state index contributed by atoms with van der Waals surface area (Å²) in [6, 6.07) is 3.32. The fraction of sp³-hybridized carbons (Fsp3) is 0.143. The maximum Gasteiger partial charge on any atom is 1.00 e. The third-order valence-electron chi connectivity index (χ3n) is 1.56. The number of nitriles is 2. The average molecular weight is 211 g/mol. The Balaban J connectivity index is -0.000000180. The molecule has 2 N–H and O–H groups in total. The molecule has 1 rings (SSSR count). The second kappa shape index (κ2) is 6.36. The summed E-state index contributed by atoms with van der Waals surface area (Å²) in [4.78, 5) is 0. The van der Waals surface area contributed by atoms with Gasteiger partial charge in [-0.1, -0.05) is 0 Å². The molecule has 7 heteroatoms. The maximum atomic E-state index is 9.09. The van der Waals surface area contributed by atoms with Crippen LogP contribution in [0.2, 0.25) is 0 Å². The Morgan fingerprint density at radius 1 is 1.07 bits per heavy atom. The molecule has 0 fully saturated rings. The third-order valence-corrected chi connectivity index (χ3v) is 1.56. The zero-order valence-electron chi connectivity index (χ0n) is 10.2. The molecule has 0 aromatic carbocycles. The fourth-order valence-corrected chi connectivity index (χ4v) is 0.910. The van der Waals surface area contributed by atoms with Gasteiger partial charge in [0.15, 0.2) is 22.9 Å². The van der Waals surface area contributed by atoms with Crippen LogP contribution in [-0.2, 0) is 7.05 Å². The van der Waals surface area contributed by atoms with Gasteiger partial charge in [0, 0.05) is 7.05 Å². The van der Waals surface area contributed by atoms with E-state index in [1.165, 1.54) is 7.05 Å². The maximum absolute atomic E-state index is 9.09. The molecule has 0 aliphatic carbocycles. The zero-order valence-corrected chi connectivity index (χ0v) is 12.2. The molecule has 1 aromatic rings. The molecule has 0 atom stereocenters. The van der Waals surface area contributed by atoms with Crippen LogP contribution < -0.4 is 59.1 Å². The summed E-state index contributed by atoms with van der Waals surface area (Å²) in [5.74, 6) is -1.09. The van der Waals surface area contributed by atoms with Crippen LogP contribution >= 0.6 is 0 Å². The van der Waals surface area contributed by atoms with Gasteiger partial charge in [-0.15, -0.1) is 0 Å². The first kappa shape index (κ1) is 16.3. The van der Waals surface area contributed by atoms with Crippen molar-refractivity contribution in [2.24, 2.45) is 7.05 Å². The van der Waals surface area contributed by atoms with Gasteiger partial charge in [-0.25, -0.2) is 0 Å². The van der Waals surface area contributed by atoms with Gasteiger partial charge in [0.25, 0.3) is 0 Å². The zero-order chi connectivity index (χ0) is 9.30. The summed E-state index contributed by atoms with van der Waals surface area (Å²) in [7, 11) is 1.41. The summed E-state index contributed by atoms with van der Waals surface area (Å²) in [5.41, 5.74) is -0.242. The summed E-state index contributed by atoms with van der Waals surface area (Å²) in [6.45, 7) is 0. The van der Waals surface area contributed by atoms with Crippen molar-refractivity contribution in [3.05, 3.63) is 11.4 Å². The van der Waals surface area contributed by atoms with E-state index >= 15 is 0 Å². The van der Waals surface area contributed by atoms with E-state index in [-0.39, 0.29) is 73.4 Å². The molecule has 0 saturated heterocycles. The van der Waals surface area contributed by atoms with E-state index < -0.39 is 11.5 Å². The van der Waals surface area contributed by atoms with Gasteiger partial charge in [-0.2, -0.15) is 10.5 Å². The van der Waals surface area contributed by atoms with E-state index in [9.17, 15) is 0 Å². The van der Waals surface area contributed by atoms with Crippen LogP contribution in [0.25, 0.3) is 0 Å². The normalized spacial score (nSPS) is 7.64. The number of hydrogen-bond donors (Lipinski definition) is 2. The smallest absolute Gasteiger partial charge is 1.00 e. The topological polar surface area (TPSA) is 93.0 Å². The van der Waals surface area contributed by atoms with E-state index in [1.807, 2.05) is 0 Å². The van der Waals surface area contributed by atoms with Gasteiger partial charge in [-0.05, 0) is 0 Å².